The average Bonchev–Trinajstić information content (AvgIpc) is 2.59. The lowest BCUT2D eigenvalue weighted by Gasteiger charge is -2.13. The lowest BCUT2D eigenvalue weighted by atomic mass is 10.0. The summed E-state index contributed by atoms with van der Waals surface area (Å²) in [7, 11) is 0. The van der Waals surface area contributed by atoms with Gasteiger partial charge in [0.05, 0.1) is 6.10 Å². The van der Waals surface area contributed by atoms with Crippen LogP contribution in [0.25, 0.3) is 0 Å². The normalized spacial score (nSPS) is 12.0. The van der Waals surface area contributed by atoms with Gasteiger partial charge >= 0.3 is 0 Å². The van der Waals surface area contributed by atoms with Crippen LogP contribution in [0.3, 0.4) is 0 Å². The number of amides is 1. The summed E-state index contributed by atoms with van der Waals surface area (Å²) >= 11 is 0. The van der Waals surface area contributed by atoms with Crippen LogP contribution in [0.4, 0.5) is 0 Å². The van der Waals surface area contributed by atoms with Gasteiger partial charge in [-0.1, -0.05) is 56.3 Å². The maximum Gasteiger partial charge on any atom is 0.258 e. The van der Waals surface area contributed by atoms with Crippen molar-refractivity contribution in [1.29, 1.82) is 0 Å². The van der Waals surface area contributed by atoms with E-state index in [-0.39, 0.29) is 19.1 Å². The molecule has 4 heteroatoms. The fourth-order valence-electron chi connectivity index (χ4n) is 2.34. The molecule has 2 aromatic rings. The number of carbonyl (C=O) groups is 1. The highest BCUT2D eigenvalue weighted by Gasteiger charge is 2.09. The van der Waals surface area contributed by atoms with Crippen molar-refractivity contribution in [3.63, 3.8) is 0 Å². The Labute approximate surface area is 143 Å². The highest BCUT2D eigenvalue weighted by atomic mass is 16.5. The second-order valence-corrected chi connectivity index (χ2v) is 6.16. The Morgan fingerprint density at radius 3 is 2.38 bits per heavy atom. The Kier molecular flexibility index (Phi) is 6.82. The van der Waals surface area contributed by atoms with E-state index in [9.17, 15) is 9.90 Å². The number of hydrogen-bond donors (Lipinski definition) is 2. The Bertz CT molecular complexity index is 623. The van der Waals surface area contributed by atoms with Gasteiger partial charge < -0.3 is 15.2 Å². The van der Waals surface area contributed by atoms with Crippen LogP contribution in [0.2, 0.25) is 0 Å². The van der Waals surface area contributed by atoms with Gasteiger partial charge in [0.15, 0.2) is 6.61 Å². The first-order chi connectivity index (χ1) is 11.5. The minimum atomic E-state index is -0.610. The molecule has 2 N–H and O–H groups in total. The minimum Gasteiger partial charge on any atom is -0.484 e. The molecular weight excluding hydrogens is 302 g/mol. The molecule has 4 nitrogen and oxygen atoms in total. The van der Waals surface area contributed by atoms with Gasteiger partial charge in [-0.25, -0.2) is 0 Å². The quantitative estimate of drug-likeness (QED) is 0.784. The molecule has 0 aliphatic rings. The van der Waals surface area contributed by atoms with E-state index >= 15 is 0 Å². The third-order valence-corrected chi connectivity index (χ3v) is 3.77. The molecule has 0 saturated heterocycles. The van der Waals surface area contributed by atoms with Gasteiger partial charge in [-0.2, -0.15) is 0 Å². The van der Waals surface area contributed by atoms with E-state index in [1.807, 2.05) is 54.6 Å². The van der Waals surface area contributed by atoms with Gasteiger partial charge in [0, 0.05) is 13.0 Å². The molecule has 0 aromatic heterocycles. The number of aliphatic hydroxyl groups is 1. The van der Waals surface area contributed by atoms with Crippen LogP contribution in [0.1, 0.15) is 30.9 Å². The minimum absolute atomic E-state index is 0.0565. The Balaban J connectivity index is 1.69. The smallest absolute Gasteiger partial charge is 0.258 e. The van der Waals surface area contributed by atoms with Crippen LogP contribution in [-0.2, 0) is 11.2 Å². The summed E-state index contributed by atoms with van der Waals surface area (Å²) in [6.07, 6.45) is -0.0970. The molecule has 1 amide bonds. The topological polar surface area (TPSA) is 58.6 Å². The molecule has 0 fully saturated rings. The molecule has 0 heterocycles. The average molecular weight is 327 g/mol. The van der Waals surface area contributed by atoms with Gasteiger partial charge in [-0.3, -0.25) is 4.79 Å². The van der Waals surface area contributed by atoms with E-state index in [1.165, 1.54) is 5.56 Å². The zero-order valence-electron chi connectivity index (χ0n) is 14.2. The van der Waals surface area contributed by atoms with Crippen molar-refractivity contribution in [3.05, 3.63) is 65.7 Å². The molecule has 0 bridgehead atoms. The highest BCUT2D eigenvalue weighted by molar-refractivity contribution is 5.77. The maximum absolute atomic E-state index is 11.8. The fourth-order valence-corrected chi connectivity index (χ4v) is 2.34. The molecule has 1 unspecified atom stereocenters. The fraction of sp³-hybridized carbons (Fsp3) is 0.350. The lowest BCUT2D eigenvalue weighted by molar-refractivity contribution is -0.123. The van der Waals surface area contributed by atoms with E-state index in [0.29, 0.717) is 18.1 Å². The maximum atomic E-state index is 11.8. The molecule has 0 spiro atoms. The predicted molar refractivity (Wildman–Crippen MR) is 95.2 cm³/mol. The van der Waals surface area contributed by atoms with Crippen molar-refractivity contribution in [3.8, 4) is 5.75 Å². The van der Waals surface area contributed by atoms with Gasteiger partial charge in [0.25, 0.3) is 5.91 Å². The molecule has 2 rings (SSSR count). The summed E-state index contributed by atoms with van der Waals surface area (Å²) in [5.74, 6) is 0.892. The standard InChI is InChI=1S/C20H25NO3/c1-15(2)17-8-10-19(11-9-17)24-14-20(23)21-13-18(22)12-16-6-4-3-5-7-16/h3-11,15,18,22H,12-14H2,1-2H3,(H,21,23). The zero-order valence-corrected chi connectivity index (χ0v) is 14.2. The number of ether oxygens (including phenoxy) is 1. The Morgan fingerprint density at radius 1 is 1.08 bits per heavy atom. The zero-order chi connectivity index (χ0) is 17.4. The van der Waals surface area contributed by atoms with Gasteiger partial charge in [0.2, 0.25) is 0 Å². The Hall–Kier alpha value is -2.33. The van der Waals surface area contributed by atoms with E-state index in [0.717, 1.165) is 5.56 Å². The first kappa shape index (κ1) is 18.0. The van der Waals surface area contributed by atoms with Gasteiger partial charge in [0.1, 0.15) is 5.75 Å². The Morgan fingerprint density at radius 2 is 1.75 bits per heavy atom. The number of carbonyl (C=O) groups excluding carboxylic acids is 1. The van der Waals surface area contributed by atoms with Crippen LogP contribution in [0.5, 0.6) is 5.75 Å². The largest absolute Gasteiger partial charge is 0.484 e. The van der Waals surface area contributed by atoms with Crippen molar-refractivity contribution in [1.82, 2.24) is 5.32 Å². The van der Waals surface area contributed by atoms with Gasteiger partial charge in [-0.05, 0) is 29.2 Å². The third kappa shape index (κ3) is 6.05. The molecule has 2 aromatic carbocycles. The molecule has 0 saturated carbocycles. The highest BCUT2D eigenvalue weighted by Crippen LogP contribution is 2.18. The van der Waals surface area contributed by atoms with Crippen LogP contribution in [-0.4, -0.2) is 30.3 Å². The van der Waals surface area contributed by atoms with Gasteiger partial charge in [-0.15, -0.1) is 0 Å². The third-order valence-electron chi connectivity index (χ3n) is 3.77. The van der Waals surface area contributed by atoms with Crippen LogP contribution in [0.15, 0.2) is 54.6 Å². The van der Waals surface area contributed by atoms with Crippen molar-refractivity contribution >= 4 is 5.91 Å². The second-order valence-electron chi connectivity index (χ2n) is 6.16. The molecular formula is C20H25NO3. The molecule has 1 atom stereocenters. The van der Waals surface area contributed by atoms with Crippen molar-refractivity contribution in [2.75, 3.05) is 13.2 Å². The van der Waals surface area contributed by atoms with Crippen LogP contribution < -0.4 is 10.1 Å². The predicted octanol–water partition coefficient (Wildman–Crippen LogP) is 2.91. The summed E-state index contributed by atoms with van der Waals surface area (Å²) in [6, 6.07) is 17.4. The molecule has 0 radical (unpaired) electrons. The summed E-state index contributed by atoms with van der Waals surface area (Å²) in [5, 5.41) is 12.7. The summed E-state index contributed by atoms with van der Waals surface area (Å²) in [6.45, 7) is 4.41. The van der Waals surface area contributed by atoms with Crippen molar-refractivity contribution in [2.24, 2.45) is 0 Å². The van der Waals surface area contributed by atoms with E-state index < -0.39 is 6.10 Å². The van der Waals surface area contributed by atoms with Crippen LogP contribution in [0, 0.1) is 0 Å². The molecule has 0 aliphatic carbocycles. The SMILES string of the molecule is CC(C)c1ccc(OCC(=O)NCC(O)Cc2ccccc2)cc1. The van der Waals surface area contributed by atoms with Crippen molar-refractivity contribution in [2.45, 2.75) is 32.3 Å². The molecule has 128 valence electrons. The molecule has 0 aliphatic heterocycles. The number of benzene rings is 2. The second kappa shape index (κ2) is 9.08. The number of rotatable bonds is 8. The number of aliphatic hydroxyl groups excluding tert-OH is 1. The lowest BCUT2D eigenvalue weighted by Crippen LogP contribution is -2.36. The first-order valence-corrected chi connectivity index (χ1v) is 8.26. The number of nitrogens with one attached hydrogen (secondary N) is 1. The van der Waals surface area contributed by atoms with E-state index in [1.54, 1.807) is 0 Å². The van der Waals surface area contributed by atoms with Crippen LogP contribution >= 0.6 is 0 Å². The first-order valence-electron chi connectivity index (χ1n) is 8.26. The van der Waals surface area contributed by atoms with Crippen molar-refractivity contribution < 1.29 is 14.6 Å². The molecule has 24 heavy (non-hydrogen) atoms. The summed E-state index contributed by atoms with van der Waals surface area (Å²) in [4.78, 5) is 11.8. The summed E-state index contributed by atoms with van der Waals surface area (Å²) < 4.78 is 5.46. The van der Waals surface area contributed by atoms with E-state index in [2.05, 4.69) is 19.2 Å². The monoisotopic (exact) mass is 327 g/mol. The van der Waals surface area contributed by atoms with E-state index in [4.69, 9.17) is 4.74 Å². The summed E-state index contributed by atoms with van der Waals surface area (Å²) in [5.41, 5.74) is 2.27. The number of hydrogen-bond acceptors (Lipinski definition) is 3.